The molecule has 2 heteroatoms. The molecule has 2 nitrogen and oxygen atoms in total. The van der Waals surface area contributed by atoms with Gasteiger partial charge in [0.1, 0.15) is 5.76 Å². The zero-order valence-electron chi connectivity index (χ0n) is 12.9. The van der Waals surface area contributed by atoms with Crippen LogP contribution in [0, 0.1) is 10.8 Å². The first-order chi connectivity index (χ1) is 8.75. The van der Waals surface area contributed by atoms with Gasteiger partial charge in [0.05, 0.1) is 6.61 Å². The van der Waals surface area contributed by atoms with Gasteiger partial charge in [-0.25, -0.2) is 0 Å². The van der Waals surface area contributed by atoms with Crippen molar-refractivity contribution in [2.45, 2.75) is 34.6 Å². The van der Waals surface area contributed by atoms with Gasteiger partial charge in [-0.1, -0.05) is 34.6 Å². The third kappa shape index (κ3) is 2.63. The standard InChI is InChI=1S/C17H25NO/c1-16(2,3)15-14(19-11-17(15,4)5)12-7-9-13(18-6)10-8-12/h7-10,18H,11H2,1-6H3. The number of hydrogen-bond acceptors (Lipinski definition) is 2. The molecule has 0 unspecified atom stereocenters. The third-order valence-corrected chi connectivity index (χ3v) is 3.67. The van der Waals surface area contributed by atoms with Crippen LogP contribution in [-0.4, -0.2) is 13.7 Å². The van der Waals surface area contributed by atoms with Crippen molar-refractivity contribution in [2.24, 2.45) is 10.8 Å². The number of benzene rings is 1. The van der Waals surface area contributed by atoms with Crippen molar-refractivity contribution in [2.75, 3.05) is 19.0 Å². The van der Waals surface area contributed by atoms with E-state index in [-0.39, 0.29) is 10.8 Å². The predicted octanol–water partition coefficient (Wildman–Crippen LogP) is 4.54. The van der Waals surface area contributed by atoms with E-state index in [0.29, 0.717) is 0 Å². The second-order valence-electron chi connectivity index (χ2n) is 6.95. The average Bonchev–Trinajstić information content (AvgIpc) is 2.65. The summed E-state index contributed by atoms with van der Waals surface area (Å²) in [7, 11) is 1.93. The number of rotatable bonds is 2. The molecule has 0 atom stereocenters. The molecule has 1 heterocycles. The van der Waals surface area contributed by atoms with Crippen LogP contribution in [0.5, 0.6) is 0 Å². The molecule has 1 aliphatic rings. The molecule has 104 valence electrons. The summed E-state index contributed by atoms with van der Waals surface area (Å²) in [5.41, 5.74) is 3.94. The van der Waals surface area contributed by atoms with E-state index in [1.54, 1.807) is 0 Å². The Kier molecular flexibility index (Phi) is 3.38. The van der Waals surface area contributed by atoms with Crippen molar-refractivity contribution in [3.8, 4) is 0 Å². The van der Waals surface area contributed by atoms with Crippen molar-refractivity contribution in [3.05, 3.63) is 35.4 Å². The summed E-state index contributed by atoms with van der Waals surface area (Å²) in [6.07, 6.45) is 0. The largest absolute Gasteiger partial charge is 0.492 e. The van der Waals surface area contributed by atoms with E-state index < -0.39 is 0 Å². The number of nitrogens with one attached hydrogen (secondary N) is 1. The van der Waals surface area contributed by atoms with Crippen LogP contribution in [0.4, 0.5) is 5.69 Å². The van der Waals surface area contributed by atoms with Gasteiger partial charge in [-0.05, 0) is 35.3 Å². The Morgan fingerprint density at radius 2 is 1.68 bits per heavy atom. The van der Waals surface area contributed by atoms with Gasteiger partial charge < -0.3 is 10.1 Å². The van der Waals surface area contributed by atoms with Crippen LogP contribution in [0.1, 0.15) is 40.2 Å². The van der Waals surface area contributed by atoms with Crippen molar-refractivity contribution in [1.82, 2.24) is 0 Å². The lowest BCUT2D eigenvalue weighted by Crippen LogP contribution is -2.24. The highest BCUT2D eigenvalue weighted by Crippen LogP contribution is 2.49. The Labute approximate surface area is 116 Å². The second-order valence-corrected chi connectivity index (χ2v) is 6.95. The molecule has 1 N–H and O–H groups in total. The van der Waals surface area contributed by atoms with E-state index in [1.165, 1.54) is 11.1 Å². The summed E-state index contributed by atoms with van der Waals surface area (Å²) in [5, 5.41) is 3.15. The Balaban J connectivity index is 2.51. The number of anilines is 1. The fourth-order valence-corrected chi connectivity index (χ4v) is 3.08. The maximum atomic E-state index is 6.03. The number of ether oxygens (including phenoxy) is 1. The fourth-order valence-electron chi connectivity index (χ4n) is 3.08. The molecule has 0 aromatic heterocycles. The maximum absolute atomic E-state index is 6.03. The summed E-state index contributed by atoms with van der Waals surface area (Å²) in [6, 6.07) is 8.46. The van der Waals surface area contributed by atoms with Crippen molar-refractivity contribution < 1.29 is 4.74 Å². The van der Waals surface area contributed by atoms with E-state index in [0.717, 1.165) is 18.1 Å². The molecule has 0 saturated heterocycles. The maximum Gasteiger partial charge on any atom is 0.126 e. The quantitative estimate of drug-likeness (QED) is 0.841. The molecule has 1 aliphatic heterocycles. The molecule has 1 aromatic carbocycles. The van der Waals surface area contributed by atoms with Gasteiger partial charge in [0.2, 0.25) is 0 Å². The summed E-state index contributed by atoms with van der Waals surface area (Å²) < 4.78 is 6.03. The molecule has 0 fully saturated rings. The Hall–Kier alpha value is -1.44. The van der Waals surface area contributed by atoms with Gasteiger partial charge in [-0.3, -0.25) is 0 Å². The van der Waals surface area contributed by atoms with Crippen LogP contribution >= 0.6 is 0 Å². The van der Waals surface area contributed by atoms with Gasteiger partial charge >= 0.3 is 0 Å². The lowest BCUT2D eigenvalue weighted by molar-refractivity contribution is 0.213. The molecule has 2 rings (SSSR count). The summed E-state index contributed by atoms with van der Waals surface area (Å²) in [4.78, 5) is 0. The monoisotopic (exact) mass is 259 g/mol. The van der Waals surface area contributed by atoms with E-state index in [2.05, 4.69) is 64.2 Å². The van der Waals surface area contributed by atoms with Gasteiger partial charge in [0.15, 0.2) is 0 Å². The molecule has 0 bridgehead atoms. The molecule has 0 aliphatic carbocycles. The molecular weight excluding hydrogens is 234 g/mol. The van der Waals surface area contributed by atoms with Crippen LogP contribution in [0.15, 0.2) is 29.8 Å². The minimum atomic E-state index is 0.106. The topological polar surface area (TPSA) is 21.3 Å². The Morgan fingerprint density at radius 1 is 1.11 bits per heavy atom. The van der Waals surface area contributed by atoms with Crippen molar-refractivity contribution in [1.29, 1.82) is 0 Å². The van der Waals surface area contributed by atoms with Crippen molar-refractivity contribution in [3.63, 3.8) is 0 Å². The Bertz CT molecular complexity index is 489. The van der Waals surface area contributed by atoms with Gasteiger partial charge in [0, 0.05) is 23.7 Å². The average molecular weight is 259 g/mol. The zero-order chi connectivity index (χ0) is 14.3. The summed E-state index contributed by atoms with van der Waals surface area (Å²) >= 11 is 0. The normalized spacial score (nSPS) is 18.4. The SMILES string of the molecule is CNc1ccc(C2=C(C(C)(C)C)C(C)(C)CO2)cc1. The third-order valence-electron chi connectivity index (χ3n) is 3.67. The minimum absolute atomic E-state index is 0.106. The van der Waals surface area contributed by atoms with Gasteiger partial charge in [0.25, 0.3) is 0 Å². The fraction of sp³-hybridized carbons (Fsp3) is 0.529. The molecule has 19 heavy (non-hydrogen) atoms. The first-order valence-corrected chi connectivity index (χ1v) is 6.92. The molecule has 0 radical (unpaired) electrons. The highest BCUT2D eigenvalue weighted by Gasteiger charge is 2.41. The summed E-state index contributed by atoms with van der Waals surface area (Å²) in [6.45, 7) is 12.1. The summed E-state index contributed by atoms with van der Waals surface area (Å²) in [5.74, 6) is 1.07. The first-order valence-electron chi connectivity index (χ1n) is 6.92. The van der Waals surface area contributed by atoms with E-state index in [4.69, 9.17) is 4.74 Å². The molecule has 0 spiro atoms. The van der Waals surface area contributed by atoms with E-state index >= 15 is 0 Å². The number of hydrogen-bond donors (Lipinski definition) is 1. The van der Waals surface area contributed by atoms with E-state index in [1.807, 2.05) is 7.05 Å². The smallest absolute Gasteiger partial charge is 0.126 e. The van der Waals surface area contributed by atoms with Gasteiger partial charge in [-0.2, -0.15) is 0 Å². The zero-order valence-corrected chi connectivity index (χ0v) is 12.9. The lowest BCUT2D eigenvalue weighted by Gasteiger charge is -2.30. The molecule has 1 aromatic rings. The van der Waals surface area contributed by atoms with Crippen LogP contribution in [0.25, 0.3) is 5.76 Å². The predicted molar refractivity (Wildman–Crippen MR) is 82.1 cm³/mol. The van der Waals surface area contributed by atoms with Crippen LogP contribution in [0.3, 0.4) is 0 Å². The minimum Gasteiger partial charge on any atom is -0.492 e. The lowest BCUT2D eigenvalue weighted by atomic mass is 9.71. The van der Waals surface area contributed by atoms with Crippen molar-refractivity contribution >= 4 is 11.4 Å². The second kappa shape index (κ2) is 4.59. The molecule has 0 amide bonds. The Morgan fingerprint density at radius 3 is 2.16 bits per heavy atom. The van der Waals surface area contributed by atoms with Crippen LogP contribution in [0.2, 0.25) is 0 Å². The molecule has 0 saturated carbocycles. The van der Waals surface area contributed by atoms with E-state index in [9.17, 15) is 0 Å². The van der Waals surface area contributed by atoms with Gasteiger partial charge in [-0.15, -0.1) is 0 Å². The highest BCUT2D eigenvalue weighted by atomic mass is 16.5. The van der Waals surface area contributed by atoms with Crippen LogP contribution < -0.4 is 5.32 Å². The highest BCUT2D eigenvalue weighted by molar-refractivity contribution is 5.69. The van der Waals surface area contributed by atoms with Crippen LogP contribution in [-0.2, 0) is 4.74 Å². The first kappa shape index (κ1) is 14.0. The molecular formula is C17H25NO.